The largest absolute Gasteiger partial charge is 0.321 e. The van der Waals surface area contributed by atoms with Crippen LogP contribution in [0.3, 0.4) is 0 Å². The zero-order valence-corrected chi connectivity index (χ0v) is 10.8. The first kappa shape index (κ1) is 11.4. The van der Waals surface area contributed by atoms with Crippen LogP contribution in [0.25, 0.3) is 0 Å². The zero-order chi connectivity index (χ0) is 10.9. The number of halogens is 2. The van der Waals surface area contributed by atoms with E-state index in [0.29, 0.717) is 5.15 Å². The minimum Gasteiger partial charge on any atom is -0.321 e. The van der Waals surface area contributed by atoms with Crippen LogP contribution in [0.15, 0.2) is 16.7 Å². The highest BCUT2D eigenvalue weighted by Crippen LogP contribution is 2.38. The van der Waals surface area contributed by atoms with Gasteiger partial charge in [-0.2, -0.15) is 0 Å². The van der Waals surface area contributed by atoms with Gasteiger partial charge in [0.25, 0.3) is 0 Å². The molecule has 1 aliphatic carbocycles. The molecule has 0 atom stereocenters. The lowest BCUT2D eigenvalue weighted by Gasteiger charge is -2.34. The third kappa shape index (κ3) is 2.35. The molecule has 1 heterocycles. The molecule has 15 heavy (non-hydrogen) atoms. The number of nitrogens with two attached hydrogens (primary N) is 1. The monoisotopic (exact) mass is 288 g/mol. The SMILES string of the molecule is NC1(c2cc(Br)cnc2Cl)CCCCC1. The molecule has 0 saturated heterocycles. The smallest absolute Gasteiger partial charge is 0.134 e. The number of nitrogens with zero attached hydrogens (tertiary/aromatic N) is 1. The molecular weight excluding hydrogens is 275 g/mol. The van der Waals surface area contributed by atoms with Gasteiger partial charge in [0.05, 0.1) is 0 Å². The van der Waals surface area contributed by atoms with Gasteiger partial charge in [-0.15, -0.1) is 0 Å². The standard InChI is InChI=1S/C11H14BrClN2/c12-8-6-9(10(13)15-7-8)11(14)4-2-1-3-5-11/h6-7H,1-5,14H2. The molecular formula is C11H14BrClN2. The topological polar surface area (TPSA) is 38.9 Å². The van der Waals surface area contributed by atoms with Crippen LogP contribution in [0.5, 0.6) is 0 Å². The molecule has 1 saturated carbocycles. The van der Waals surface area contributed by atoms with Crippen molar-refractivity contribution in [1.29, 1.82) is 0 Å². The van der Waals surface area contributed by atoms with E-state index < -0.39 is 0 Å². The van der Waals surface area contributed by atoms with Gasteiger partial charge in [0.15, 0.2) is 0 Å². The highest BCUT2D eigenvalue weighted by Gasteiger charge is 2.31. The first-order valence-corrected chi connectivity index (χ1v) is 6.39. The molecule has 82 valence electrons. The Balaban J connectivity index is 2.38. The molecule has 1 aromatic rings. The Hall–Kier alpha value is -0.120. The molecule has 2 rings (SSSR count). The van der Waals surface area contributed by atoms with Crippen molar-refractivity contribution in [2.75, 3.05) is 0 Å². The minimum atomic E-state index is -0.272. The van der Waals surface area contributed by atoms with E-state index >= 15 is 0 Å². The van der Waals surface area contributed by atoms with E-state index in [1.54, 1.807) is 6.20 Å². The first-order valence-electron chi connectivity index (χ1n) is 5.22. The molecule has 0 bridgehead atoms. The van der Waals surface area contributed by atoms with E-state index in [2.05, 4.69) is 20.9 Å². The highest BCUT2D eigenvalue weighted by atomic mass is 79.9. The van der Waals surface area contributed by atoms with Crippen molar-refractivity contribution in [1.82, 2.24) is 4.98 Å². The third-order valence-electron chi connectivity index (χ3n) is 3.09. The van der Waals surface area contributed by atoms with Crippen LogP contribution in [-0.2, 0) is 5.54 Å². The van der Waals surface area contributed by atoms with Crippen molar-refractivity contribution in [3.05, 3.63) is 27.5 Å². The lowest BCUT2D eigenvalue weighted by Crippen LogP contribution is -2.39. The molecule has 0 aliphatic heterocycles. The van der Waals surface area contributed by atoms with Crippen LogP contribution < -0.4 is 5.73 Å². The summed E-state index contributed by atoms with van der Waals surface area (Å²) < 4.78 is 0.942. The number of hydrogen-bond acceptors (Lipinski definition) is 2. The van der Waals surface area contributed by atoms with E-state index in [0.717, 1.165) is 22.9 Å². The van der Waals surface area contributed by atoms with Crippen LogP contribution in [-0.4, -0.2) is 4.98 Å². The van der Waals surface area contributed by atoms with Crippen LogP contribution in [0.4, 0.5) is 0 Å². The van der Waals surface area contributed by atoms with Crippen molar-refractivity contribution in [3.63, 3.8) is 0 Å². The molecule has 1 aromatic heterocycles. The fraction of sp³-hybridized carbons (Fsp3) is 0.545. The van der Waals surface area contributed by atoms with Crippen LogP contribution in [0, 0.1) is 0 Å². The second-order valence-electron chi connectivity index (χ2n) is 4.21. The summed E-state index contributed by atoms with van der Waals surface area (Å²) in [5.41, 5.74) is 7.12. The lowest BCUT2D eigenvalue weighted by atomic mass is 9.78. The molecule has 0 radical (unpaired) electrons. The van der Waals surface area contributed by atoms with Crippen LogP contribution in [0.1, 0.15) is 37.7 Å². The van der Waals surface area contributed by atoms with E-state index in [-0.39, 0.29) is 5.54 Å². The summed E-state index contributed by atoms with van der Waals surface area (Å²) in [5.74, 6) is 0. The fourth-order valence-electron chi connectivity index (χ4n) is 2.22. The van der Waals surface area contributed by atoms with Gasteiger partial charge in [-0.25, -0.2) is 4.98 Å². The molecule has 0 spiro atoms. The van der Waals surface area contributed by atoms with E-state index in [9.17, 15) is 0 Å². The predicted octanol–water partition coefficient (Wildman–Crippen LogP) is 3.62. The maximum Gasteiger partial charge on any atom is 0.134 e. The Labute approximate surface area is 103 Å². The second-order valence-corrected chi connectivity index (χ2v) is 5.48. The number of rotatable bonds is 1. The van der Waals surface area contributed by atoms with Gasteiger partial charge in [-0.1, -0.05) is 30.9 Å². The summed E-state index contributed by atoms with van der Waals surface area (Å²) in [6.45, 7) is 0. The summed E-state index contributed by atoms with van der Waals surface area (Å²) in [5, 5.41) is 0.544. The lowest BCUT2D eigenvalue weighted by molar-refractivity contribution is 0.301. The molecule has 2 N–H and O–H groups in total. The van der Waals surface area contributed by atoms with Crippen molar-refractivity contribution < 1.29 is 0 Å². The third-order valence-corrected chi connectivity index (χ3v) is 3.82. The van der Waals surface area contributed by atoms with Gasteiger partial charge in [0, 0.05) is 21.8 Å². The van der Waals surface area contributed by atoms with Gasteiger partial charge in [0.1, 0.15) is 5.15 Å². The fourth-order valence-corrected chi connectivity index (χ4v) is 2.85. The Morgan fingerprint density at radius 2 is 2.00 bits per heavy atom. The molecule has 2 nitrogen and oxygen atoms in total. The Morgan fingerprint density at radius 3 is 2.67 bits per heavy atom. The van der Waals surface area contributed by atoms with Crippen molar-refractivity contribution in [3.8, 4) is 0 Å². The summed E-state index contributed by atoms with van der Waals surface area (Å²) in [4.78, 5) is 4.14. The summed E-state index contributed by atoms with van der Waals surface area (Å²) in [6.07, 6.45) is 7.35. The minimum absolute atomic E-state index is 0.272. The van der Waals surface area contributed by atoms with Crippen LogP contribution >= 0.6 is 27.5 Å². The van der Waals surface area contributed by atoms with E-state index in [1.165, 1.54) is 19.3 Å². The van der Waals surface area contributed by atoms with Crippen molar-refractivity contribution in [2.24, 2.45) is 5.73 Å². The second kappa shape index (κ2) is 4.40. The van der Waals surface area contributed by atoms with E-state index in [1.807, 2.05) is 6.07 Å². The van der Waals surface area contributed by atoms with Crippen molar-refractivity contribution >= 4 is 27.5 Å². The number of pyridine rings is 1. The van der Waals surface area contributed by atoms with Gasteiger partial charge in [0.2, 0.25) is 0 Å². The average molecular weight is 290 g/mol. The molecule has 0 aromatic carbocycles. The van der Waals surface area contributed by atoms with Gasteiger partial charge in [-0.3, -0.25) is 0 Å². The zero-order valence-electron chi connectivity index (χ0n) is 8.47. The highest BCUT2D eigenvalue weighted by molar-refractivity contribution is 9.10. The van der Waals surface area contributed by atoms with Gasteiger partial charge >= 0.3 is 0 Å². The van der Waals surface area contributed by atoms with Gasteiger partial charge in [-0.05, 0) is 34.8 Å². The van der Waals surface area contributed by atoms with Crippen LogP contribution in [0.2, 0.25) is 5.15 Å². The Kier molecular flexibility index (Phi) is 3.33. The average Bonchev–Trinajstić information content (AvgIpc) is 2.23. The summed E-state index contributed by atoms with van der Waals surface area (Å²) in [7, 11) is 0. The molecule has 0 amide bonds. The molecule has 4 heteroatoms. The summed E-state index contributed by atoms with van der Waals surface area (Å²) in [6, 6.07) is 2.00. The molecule has 1 aliphatic rings. The first-order chi connectivity index (χ1) is 7.12. The predicted molar refractivity (Wildman–Crippen MR) is 65.9 cm³/mol. The van der Waals surface area contributed by atoms with Crippen molar-refractivity contribution in [2.45, 2.75) is 37.6 Å². The van der Waals surface area contributed by atoms with E-state index in [4.69, 9.17) is 17.3 Å². The van der Waals surface area contributed by atoms with Gasteiger partial charge < -0.3 is 5.73 Å². The molecule has 0 unspecified atom stereocenters. The Bertz CT molecular complexity index is 362. The quantitative estimate of drug-likeness (QED) is 0.802. The summed E-state index contributed by atoms with van der Waals surface area (Å²) >= 11 is 9.52. The Morgan fingerprint density at radius 1 is 1.33 bits per heavy atom. The number of aromatic nitrogens is 1. The normalized spacial score (nSPS) is 20.2. The maximum atomic E-state index is 6.40. The molecule has 1 fully saturated rings. The number of hydrogen-bond donors (Lipinski definition) is 1. The maximum absolute atomic E-state index is 6.40.